The maximum absolute atomic E-state index is 9.19. The molecule has 3 nitrogen and oxygen atoms in total. The van der Waals surface area contributed by atoms with Crippen molar-refractivity contribution in [2.24, 2.45) is 11.8 Å². The van der Waals surface area contributed by atoms with Crippen LogP contribution < -0.4 is 0 Å². The van der Waals surface area contributed by atoms with Crippen LogP contribution in [0.15, 0.2) is 0 Å². The summed E-state index contributed by atoms with van der Waals surface area (Å²) in [6.45, 7) is 6.32. The van der Waals surface area contributed by atoms with Crippen molar-refractivity contribution in [3.05, 3.63) is 0 Å². The number of nitrogens with zero attached hydrogens (tertiary/aromatic N) is 2. The highest BCUT2D eigenvalue weighted by Crippen LogP contribution is 2.31. The predicted octanol–water partition coefficient (Wildman–Crippen LogP) is 2.02. The SMILES string of the molecule is CCCN(CCO)C1CC(C)CCC1C#N. The van der Waals surface area contributed by atoms with E-state index >= 15 is 0 Å². The summed E-state index contributed by atoms with van der Waals surface area (Å²) in [5.74, 6) is 0.877. The third kappa shape index (κ3) is 3.47. The molecule has 0 saturated heterocycles. The zero-order valence-corrected chi connectivity index (χ0v) is 10.5. The van der Waals surface area contributed by atoms with Crippen molar-refractivity contribution in [3.8, 4) is 6.07 Å². The first-order chi connectivity index (χ1) is 7.72. The maximum atomic E-state index is 9.19. The molecule has 92 valence electrons. The highest BCUT2D eigenvalue weighted by molar-refractivity contribution is 4.97. The van der Waals surface area contributed by atoms with Crippen molar-refractivity contribution in [3.63, 3.8) is 0 Å². The van der Waals surface area contributed by atoms with Crippen molar-refractivity contribution in [1.29, 1.82) is 5.26 Å². The van der Waals surface area contributed by atoms with E-state index in [1.807, 2.05) is 0 Å². The lowest BCUT2D eigenvalue weighted by atomic mass is 9.79. The predicted molar refractivity (Wildman–Crippen MR) is 64.9 cm³/mol. The summed E-state index contributed by atoms with van der Waals surface area (Å²) in [5.41, 5.74) is 0. The van der Waals surface area contributed by atoms with Gasteiger partial charge in [-0.2, -0.15) is 5.26 Å². The number of rotatable bonds is 5. The fraction of sp³-hybridized carbons (Fsp3) is 0.923. The Morgan fingerprint density at radius 3 is 2.69 bits per heavy atom. The highest BCUT2D eigenvalue weighted by Gasteiger charge is 2.32. The Morgan fingerprint density at radius 1 is 1.38 bits per heavy atom. The van der Waals surface area contributed by atoms with Crippen LogP contribution in [0.1, 0.15) is 39.5 Å². The van der Waals surface area contributed by atoms with Crippen LogP contribution in [0, 0.1) is 23.2 Å². The minimum absolute atomic E-state index is 0.161. The van der Waals surface area contributed by atoms with Crippen LogP contribution in [0.2, 0.25) is 0 Å². The van der Waals surface area contributed by atoms with E-state index in [0.29, 0.717) is 18.5 Å². The smallest absolute Gasteiger partial charge is 0.0672 e. The van der Waals surface area contributed by atoms with E-state index in [0.717, 1.165) is 25.8 Å². The molecule has 0 heterocycles. The summed E-state index contributed by atoms with van der Waals surface area (Å²) >= 11 is 0. The number of aliphatic hydroxyl groups is 1. The van der Waals surface area contributed by atoms with Crippen LogP contribution in [0.4, 0.5) is 0 Å². The van der Waals surface area contributed by atoms with Gasteiger partial charge in [-0.25, -0.2) is 0 Å². The van der Waals surface area contributed by atoms with Crippen molar-refractivity contribution in [1.82, 2.24) is 4.90 Å². The zero-order chi connectivity index (χ0) is 12.0. The summed E-state index contributed by atoms with van der Waals surface area (Å²) in [6.07, 6.45) is 4.39. The largest absolute Gasteiger partial charge is 0.395 e. The Morgan fingerprint density at radius 2 is 2.12 bits per heavy atom. The summed E-state index contributed by atoms with van der Waals surface area (Å²) in [5, 5.41) is 18.3. The average Bonchev–Trinajstić information content (AvgIpc) is 2.29. The number of nitriles is 1. The fourth-order valence-corrected chi connectivity index (χ4v) is 2.76. The highest BCUT2D eigenvalue weighted by atomic mass is 16.3. The molecule has 1 N–H and O–H groups in total. The summed E-state index contributed by atoms with van der Waals surface area (Å²) in [7, 11) is 0. The van der Waals surface area contributed by atoms with Crippen molar-refractivity contribution >= 4 is 0 Å². The van der Waals surface area contributed by atoms with Gasteiger partial charge in [0.1, 0.15) is 0 Å². The van der Waals surface area contributed by atoms with Gasteiger partial charge in [-0.15, -0.1) is 0 Å². The van der Waals surface area contributed by atoms with Crippen LogP contribution in [0.3, 0.4) is 0 Å². The van der Waals surface area contributed by atoms with E-state index in [1.54, 1.807) is 0 Å². The van der Waals surface area contributed by atoms with E-state index < -0.39 is 0 Å². The van der Waals surface area contributed by atoms with Crippen LogP contribution in [0.25, 0.3) is 0 Å². The molecule has 0 bridgehead atoms. The second-order valence-electron chi connectivity index (χ2n) is 4.98. The molecular formula is C13H24N2O. The monoisotopic (exact) mass is 224 g/mol. The molecule has 0 aliphatic heterocycles. The Hall–Kier alpha value is -0.590. The fourth-order valence-electron chi connectivity index (χ4n) is 2.76. The van der Waals surface area contributed by atoms with E-state index in [1.165, 1.54) is 6.42 Å². The lowest BCUT2D eigenvalue weighted by molar-refractivity contribution is 0.0856. The molecule has 1 aliphatic rings. The second-order valence-corrected chi connectivity index (χ2v) is 4.98. The van der Waals surface area contributed by atoms with Crippen LogP contribution >= 0.6 is 0 Å². The van der Waals surface area contributed by atoms with Gasteiger partial charge in [0.05, 0.1) is 18.6 Å². The number of hydrogen-bond donors (Lipinski definition) is 1. The first kappa shape index (κ1) is 13.5. The molecule has 16 heavy (non-hydrogen) atoms. The minimum atomic E-state index is 0.161. The minimum Gasteiger partial charge on any atom is -0.395 e. The normalized spacial score (nSPS) is 30.3. The molecule has 0 aromatic carbocycles. The molecule has 0 radical (unpaired) electrons. The summed E-state index contributed by atoms with van der Waals surface area (Å²) in [6, 6.07) is 2.81. The van der Waals surface area contributed by atoms with Gasteiger partial charge in [-0.1, -0.05) is 13.8 Å². The molecule has 1 aliphatic carbocycles. The van der Waals surface area contributed by atoms with Crippen LogP contribution in [0.5, 0.6) is 0 Å². The average molecular weight is 224 g/mol. The third-order valence-corrected chi connectivity index (χ3v) is 3.61. The quantitative estimate of drug-likeness (QED) is 0.777. The van der Waals surface area contributed by atoms with E-state index in [2.05, 4.69) is 24.8 Å². The lowest BCUT2D eigenvalue weighted by Crippen LogP contribution is -2.45. The molecule has 1 fully saturated rings. The van der Waals surface area contributed by atoms with Crippen LogP contribution in [-0.2, 0) is 0 Å². The molecule has 1 saturated carbocycles. The molecule has 0 spiro atoms. The Bertz CT molecular complexity index is 231. The van der Waals surface area contributed by atoms with Gasteiger partial charge in [0.15, 0.2) is 0 Å². The van der Waals surface area contributed by atoms with E-state index in [-0.39, 0.29) is 12.5 Å². The third-order valence-electron chi connectivity index (χ3n) is 3.61. The number of hydrogen-bond acceptors (Lipinski definition) is 3. The molecule has 0 aromatic rings. The molecule has 3 atom stereocenters. The Kier molecular flexibility index (Phi) is 5.79. The van der Waals surface area contributed by atoms with Gasteiger partial charge in [-0.05, 0) is 38.1 Å². The molecule has 3 unspecified atom stereocenters. The van der Waals surface area contributed by atoms with Gasteiger partial charge in [-0.3, -0.25) is 4.90 Å². The first-order valence-electron chi connectivity index (χ1n) is 6.47. The van der Waals surface area contributed by atoms with Gasteiger partial charge < -0.3 is 5.11 Å². The first-order valence-corrected chi connectivity index (χ1v) is 6.47. The van der Waals surface area contributed by atoms with Gasteiger partial charge >= 0.3 is 0 Å². The van der Waals surface area contributed by atoms with Crippen molar-refractivity contribution < 1.29 is 5.11 Å². The van der Waals surface area contributed by atoms with Crippen molar-refractivity contribution in [2.75, 3.05) is 19.7 Å². The van der Waals surface area contributed by atoms with Crippen LogP contribution in [-0.4, -0.2) is 35.7 Å². The Balaban J connectivity index is 2.66. The summed E-state index contributed by atoms with van der Waals surface area (Å²) < 4.78 is 0. The molecular weight excluding hydrogens is 200 g/mol. The molecule has 3 heteroatoms. The van der Waals surface area contributed by atoms with E-state index in [4.69, 9.17) is 5.11 Å². The lowest BCUT2D eigenvalue weighted by Gasteiger charge is -2.39. The molecule has 1 rings (SSSR count). The molecule has 0 amide bonds. The number of aliphatic hydroxyl groups excluding tert-OH is 1. The second kappa shape index (κ2) is 6.88. The van der Waals surface area contributed by atoms with E-state index in [9.17, 15) is 5.26 Å². The standard InChI is InChI=1S/C13H24N2O/c1-3-6-15(7-8-16)13-9-11(2)4-5-12(13)10-14/h11-13,16H,3-9H2,1-2H3. The maximum Gasteiger partial charge on any atom is 0.0672 e. The van der Waals surface area contributed by atoms with Gasteiger partial charge in [0.2, 0.25) is 0 Å². The van der Waals surface area contributed by atoms with Gasteiger partial charge in [0.25, 0.3) is 0 Å². The van der Waals surface area contributed by atoms with Crippen molar-refractivity contribution in [2.45, 2.75) is 45.6 Å². The molecule has 0 aromatic heterocycles. The zero-order valence-electron chi connectivity index (χ0n) is 10.5. The van der Waals surface area contributed by atoms with Gasteiger partial charge in [0, 0.05) is 12.6 Å². The Labute approximate surface area is 99.1 Å². The topological polar surface area (TPSA) is 47.3 Å². The summed E-state index contributed by atoms with van der Waals surface area (Å²) in [4.78, 5) is 2.31.